The summed E-state index contributed by atoms with van der Waals surface area (Å²) in [6.07, 6.45) is 0. The van der Waals surface area contributed by atoms with E-state index in [1.54, 1.807) is 0 Å². The lowest BCUT2D eigenvalue weighted by atomic mass is 10.2. The molecule has 0 aromatic heterocycles. The van der Waals surface area contributed by atoms with Crippen molar-refractivity contribution in [2.24, 2.45) is 0 Å². The van der Waals surface area contributed by atoms with E-state index in [2.05, 4.69) is 5.32 Å². The third kappa shape index (κ3) is 3.26. The molecule has 132 valence electrons. The number of carboxylic acids is 1. The van der Waals surface area contributed by atoms with Crippen molar-refractivity contribution in [2.45, 2.75) is 0 Å². The summed E-state index contributed by atoms with van der Waals surface area (Å²) in [5, 5.41) is 13.7. The molecule has 3 rings (SSSR count). The summed E-state index contributed by atoms with van der Waals surface area (Å²) >= 11 is 17.8. The Bertz CT molecular complexity index is 988. The second kappa shape index (κ2) is 6.99. The number of rotatable bonds is 4. The lowest BCUT2D eigenvalue weighted by Crippen LogP contribution is -2.32. The number of nitrogens with one attached hydrogen (secondary N) is 1. The highest BCUT2D eigenvalue weighted by molar-refractivity contribution is 6.53. The molecule has 0 radical (unpaired) electrons. The monoisotopic (exact) mass is 409 g/mol. The molecule has 0 fully saturated rings. The van der Waals surface area contributed by atoms with Crippen LogP contribution in [0.3, 0.4) is 0 Å². The topological polar surface area (TPSA) is 89.5 Å². The molecule has 0 unspecified atom stereocenters. The molecule has 0 aliphatic carbocycles. The van der Waals surface area contributed by atoms with Gasteiger partial charge in [0.15, 0.2) is 0 Å². The van der Waals surface area contributed by atoms with Gasteiger partial charge in [-0.2, -0.15) is 0 Å². The van der Waals surface area contributed by atoms with Crippen molar-refractivity contribution in [1.29, 1.82) is 0 Å². The smallest absolute Gasteiger partial charge is 0.283 e. The highest BCUT2D eigenvalue weighted by Gasteiger charge is 2.39. The Kier molecular flexibility index (Phi) is 4.91. The van der Waals surface area contributed by atoms with Gasteiger partial charge in [-0.25, -0.2) is 4.90 Å². The molecule has 0 atom stereocenters. The zero-order chi connectivity index (χ0) is 19.0. The Hall–Kier alpha value is -2.54. The first-order chi connectivity index (χ1) is 12.3. The average molecular weight is 411 g/mol. The highest BCUT2D eigenvalue weighted by Crippen LogP contribution is 2.33. The fourth-order valence-corrected chi connectivity index (χ4v) is 2.84. The van der Waals surface area contributed by atoms with Crippen molar-refractivity contribution in [3.63, 3.8) is 0 Å². The number of carbonyl (C=O) groups is 3. The van der Waals surface area contributed by atoms with Gasteiger partial charge in [0.05, 0.1) is 21.7 Å². The van der Waals surface area contributed by atoms with E-state index in [0.717, 1.165) is 4.90 Å². The first-order valence-electron chi connectivity index (χ1n) is 7.11. The van der Waals surface area contributed by atoms with Crippen molar-refractivity contribution < 1.29 is 19.5 Å². The van der Waals surface area contributed by atoms with Gasteiger partial charge in [-0.1, -0.05) is 46.9 Å². The van der Waals surface area contributed by atoms with E-state index in [0.29, 0.717) is 0 Å². The van der Waals surface area contributed by atoms with Crippen LogP contribution in [0.15, 0.2) is 53.2 Å². The zero-order valence-corrected chi connectivity index (χ0v) is 15.0. The second-order valence-corrected chi connectivity index (χ2v) is 6.42. The minimum Gasteiger partial charge on any atom is -0.545 e. The maximum absolute atomic E-state index is 12.6. The van der Waals surface area contributed by atoms with E-state index >= 15 is 0 Å². The van der Waals surface area contributed by atoms with Gasteiger partial charge in [-0.3, -0.25) is 9.59 Å². The molecule has 0 bridgehead atoms. The van der Waals surface area contributed by atoms with Crippen molar-refractivity contribution in [3.05, 3.63) is 68.8 Å². The fraction of sp³-hybridized carbons (Fsp3) is 0. The van der Waals surface area contributed by atoms with E-state index in [-0.39, 0.29) is 37.7 Å². The fourth-order valence-electron chi connectivity index (χ4n) is 2.34. The number of hydrogen-bond acceptors (Lipinski definition) is 5. The molecule has 26 heavy (non-hydrogen) atoms. The number of carbonyl (C=O) groups excluding carboxylic acids is 3. The number of imide groups is 1. The molecular formula is C17H8Cl3N2O4-. The summed E-state index contributed by atoms with van der Waals surface area (Å²) in [5.74, 6) is -2.83. The third-order valence-electron chi connectivity index (χ3n) is 3.56. The first kappa shape index (κ1) is 18.3. The van der Waals surface area contributed by atoms with E-state index in [4.69, 9.17) is 34.8 Å². The Labute approximate surface area is 162 Å². The summed E-state index contributed by atoms with van der Waals surface area (Å²) < 4.78 is 0. The lowest BCUT2D eigenvalue weighted by molar-refractivity contribution is -0.255. The van der Waals surface area contributed by atoms with E-state index in [1.807, 2.05) is 0 Å². The normalized spacial score (nSPS) is 14.2. The minimum atomic E-state index is -1.38. The summed E-state index contributed by atoms with van der Waals surface area (Å²) in [4.78, 5) is 36.8. The number of aromatic carboxylic acids is 1. The second-order valence-electron chi connectivity index (χ2n) is 5.23. The molecule has 1 aliphatic rings. The Morgan fingerprint density at radius 3 is 2.35 bits per heavy atom. The summed E-state index contributed by atoms with van der Waals surface area (Å²) in [6.45, 7) is 0. The van der Waals surface area contributed by atoms with Crippen LogP contribution in [0.4, 0.5) is 11.4 Å². The summed E-state index contributed by atoms with van der Waals surface area (Å²) in [5.41, 5.74) is 0.188. The maximum Gasteiger partial charge on any atom is 0.283 e. The van der Waals surface area contributed by atoms with Crippen LogP contribution in [-0.2, 0) is 9.59 Å². The molecule has 2 amide bonds. The van der Waals surface area contributed by atoms with Gasteiger partial charge in [0.2, 0.25) is 0 Å². The maximum atomic E-state index is 12.6. The van der Waals surface area contributed by atoms with Gasteiger partial charge >= 0.3 is 0 Å². The summed E-state index contributed by atoms with van der Waals surface area (Å²) in [6, 6.07) is 9.83. The van der Waals surface area contributed by atoms with E-state index < -0.39 is 17.8 Å². The predicted molar refractivity (Wildman–Crippen MR) is 96.2 cm³/mol. The molecule has 0 saturated carbocycles. The van der Waals surface area contributed by atoms with Crippen LogP contribution in [0.5, 0.6) is 0 Å². The average Bonchev–Trinajstić information content (AvgIpc) is 2.81. The lowest BCUT2D eigenvalue weighted by Gasteiger charge is -2.16. The number of amides is 2. The number of carboxylic acid groups (broad SMARTS) is 1. The van der Waals surface area contributed by atoms with Crippen LogP contribution in [0.2, 0.25) is 10.0 Å². The largest absolute Gasteiger partial charge is 0.545 e. The van der Waals surface area contributed by atoms with Crippen molar-refractivity contribution in [3.8, 4) is 0 Å². The van der Waals surface area contributed by atoms with Gasteiger partial charge in [0.1, 0.15) is 10.7 Å². The van der Waals surface area contributed by atoms with Crippen molar-refractivity contribution in [2.75, 3.05) is 10.2 Å². The molecule has 9 heteroatoms. The summed E-state index contributed by atoms with van der Waals surface area (Å²) in [7, 11) is 0. The van der Waals surface area contributed by atoms with Gasteiger partial charge in [-0.05, 0) is 35.9 Å². The number of anilines is 2. The predicted octanol–water partition coefficient (Wildman–Crippen LogP) is 2.79. The molecule has 0 spiro atoms. The van der Waals surface area contributed by atoms with Crippen LogP contribution in [0.25, 0.3) is 0 Å². The molecule has 0 saturated heterocycles. The van der Waals surface area contributed by atoms with E-state index in [1.165, 1.54) is 42.5 Å². The van der Waals surface area contributed by atoms with Crippen LogP contribution < -0.4 is 15.3 Å². The number of halogens is 3. The van der Waals surface area contributed by atoms with E-state index in [9.17, 15) is 19.5 Å². The molecule has 2 aromatic rings. The van der Waals surface area contributed by atoms with Gasteiger partial charge in [-0.15, -0.1) is 0 Å². The molecule has 1 N–H and O–H groups in total. The molecule has 6 nitrogen and oxygen atoms in total. The molecule has 1 aliphatic heterocycles. The number of hydrogen-bond donors (Lipinski definition) is 1. The van der Waals surface area contributed by atoms with Crippen LogP contribution in [0, 0.1) is 0 Å². The standard InChI is InChI=1S/C17H9Cl3N2O4/c18-11-5-4-10(7-12(11)19)22-15(23)13(20)14(16(22)24)21-9-3-1-2-8(6-9)17(25)26/h1-7,21H,(H,25,26)/p-1. The highest BCUT2D eigenvalue weighted by atomic mass is 35.5. The minimum absolute atomic E-state index is 0.0927. The number of nitrogens with zero attached hydrogens (tertiary/aromatic N) is 1. The first-order valence-corrected chi connectivity index (χ1v) is 8.25. The van der Waals surface area contributed by atoms with Gasteiger partial charge in [0.25, 0.3) is 11.8 Å². The molecule has 2 aromatic carbocycles. The van der Waals surface area contributed by atoms with Crippen molar-refractivity contribution in [1.82, 2.24) is 0 Å². The van der Waals surface area contributed by atoms with Crippen LogP contribution >= 0.6 is 34.8 Å². The zero-order valence-electron chi connectivity index (χ0n) is 12.8. The van der Waals surface area contributed by atoms with Gasteiger partial charge in [0, 0.05) is 5.69 Å². The van der Waals surface area contributed by atoms with Crippen LogP contribution in [-0.4, -0.2) is 17.8 Å². The Morgan fingerprint density at radius 2 is 1.69 bits per heavy atom. The Morgan fingerprint density at radius 1 is 0.962 bits per heavy atom. The SMILES string of the molecule is O=C([O-])c1cccc(NC2=C(Cl)C(=O)N(c3ccc(Cl)c(Cl)c3)C2=O)c1. The Balaban J connectivity index is 1.93. The quantitative estimate of drug-likeness (QED) is 0.783. The van der Waals surface area contributed by atoms with Crippen molar-refractivity contribution >= 4 is 64.0 Å². The third-order valence-corrected chi connectivity index (χ3v) is 4.65. The number of benzene rings is 2. The molecular weight excluding hydrogens is 403 g/mol. The van der Waals surface area contributed by atoms with Crippen LogP contribution in [0.1, 0.15) is 10.4 Å². The molecule has 1 heterocycles. The van der Waals surface area contributed by atoms with Gasteiger partial charge < -0.3 is 15.2 Å².